The van der Waals surface area contributed by atoms with Crippen LogP contribution in [0.25, 0.3) is 11.2 Å². The third kappa shape index (κ3) is 2.31. The Kier molecular flexibility index (Phi) is 3.72. The first-order chi connectivity index (χ1) is 9.70. The maximum absolute atomic E-state index is 6.04. The Morgan fingerprint density at radius 1 is 1.40 bits per heavy atom. The Bertz CT molecular complexity index is 742. The average molecular weight is 352 g/mol. The average Bonchev–Trinajstić information content (AvgIpc) is 2.84. The van der Waals surface area contributed by atoms with Gasteiger partial charge in [-0.1, -0.05) is 6.07 Å². The SMILES string of the molecule is CC(c1cccnc1)n1c(CCl)nc2cc(Br)cnc21. The standard InChI is InChI=1S/C14H12BrClN4/c1-9(10-3-2-4-17-7-10)20-13(6-16)19-12-5-11(15)8-18-14(12)20/h2-5,7-9H,6H2,1H3. The smallest absolute Gasteiger partial charge is 0.160 e. The third-order valence-corrected chi connectivity index (χ3v) is 3.92. The van der Waals surface area contributed by atoms with Gasteiger partial charge in [-0.15, -0.1) is 11.6 Å². The second-order valence-electron chi connectivity index (χ2n) is 4.49. The van der Waals surface area contributed by atoms with Gasteiger partial charge in [-0.05, 0) is 40.5 Å². The summed E-state index contributed by atoms with van der Waals surface area (Å²) in [5.41, 5.74) is 2.77. The molecule has 3 rings (SSSR count). The van der Waals surface area contributed by atoms with Gasteiger partial charge < -0.3 is 4.57 Å². The molecule has 0 saturated heterocycles. The summed E-state index contributed by atoms with van der Waals surface area (Å²) < 4.78 is 2.97. The van der Waals surface area contributed by atoms with Gasteiger partial charge in [0.25, 0.3) is 0 Å². The van der Waals surface area contributed by atoms with Crippen LogP contribution in [-0.2, 0) is 5.88 Å². The first-order valence-corrected chi connectivity index (χ1v) is 7.51. The van der Waals surface area contributed by atoms with E-state index in [-0.39, 0.29) is 6.04 Å². The van der Waals surface area contributed by atoms with E-state index < -0.39 is 0 Å². The number of fused-ring (bicyclic) bond motifs is 1. The molecular formula is C14H12BrClN4. The Labute approximate surface area is 130 Å². The molecule has 0 spiro atoms. The van der Waals surface area contributed by atoms with Crippen molar-refractivity contribution in [1.29, 1.82) is 0 Å². The fourth-order valence-electron chi connectivity index (χ4n) is 2.28. The van der Waals surface area contributed by atoms with Crippen molar-refractivity contribution >= 4 is 38.7 Å². The molecule has 0 radical (unpaired) electrons. The van der Waals surface area contributed by atoms with E-state index in [2.05, 4.69) is 42.4 Å². The number of nitrogens with zero attached hydrogens (tertiary/aromatic N) is 4. The number of halogens is 2. The molecule has 0 fully saturated rings. The van der Waals surface area contributed by atoms with Crippen LogP contribution in [0.5, 0.6) is 0 Å². The zero-order chi connectivity index (χ0) is 14.1. The van der Waals surface area contributed by atoms with Crippen molar-refractivity contribution in [3.8, 4) is 0 Å². The van der Waals surface area contributed by atoms with E-state index in [0.717, 1.165) is 27.0 Å². The van der Waals surface area contributed by atoms with Crippen LogP contribution in [-0.4, -0.2) is 19.5 Å². The Morgan fingerprint density at radius 3 is 2.95 bits per heavy atom. The quantitative estimate of drug-likeness (QED) is 0.671. The van der Waals surface area contributed by atoms with Crippen molar-refractivity contribution in [2.24, 2.45) is 0 Å². The number of imidazole rings is 1. The first kappa shape index (κ1) is 13.5. The molecule has 0 aliphatic rings. The van der Waals surface area contributed by atoms with E-state index in [4.69, 9.17) is 11.6 Å². The van der Waals surface area contributed by atoms with Crippen molar-refractivity contribution in [3.05, 3.63) is 52.7 Å². The summed E-state index contributed by atoms with van der Waals surface area (Å²) in [4.78, 5) is 13.2. The topological polar surface area (TPSA) is 43.6 Å². The van der Waals surface area contributed by atoms with Gasteiger partial charge in [0, 0.05) is 23.1 Å². The van der Waals surface area contributed by atoms with Crippen molar-refractivity contribution in [2.45, 2.75) is 18.8 Å². The van der Waals surface area contributed by atoms with Gasteiger partial charge in [0.05, 0.1) is 11.9 Å². The molecule has 0 aliphatic heterocycles. The van der Waals surface area contributed by atoms with Crippen LogP contribution in [0.2, 0.25) is 0 Å². The molecule has 3 aromatic rings. The van der Waals surface area contributed by atoms with Gasteiger partial charge in [0.15, 0.2) is 5.65 Å². The predicted molar refractivity (Wildman–Crippen MR) is 82.8 cm³/mol. The monoisotopic (exact) mass is 350 g/mol. The molecule has 6 heteroatoms. The summed E-state index contributed by atoms with van der Waals surface area (Å²) in [7, 11) is 0. The molecule has 102 valence electrons. The highest BCUT2D eigenvalue weighted by Gasteiger charge is 2.18. The maximum Gasteiger partial charge on any atom is 0.160 e. The highest BCUT2D eigenvalue weighted by molar-refractivity contribution is 9.10. The van der Waals surface area contributed by atoms with Gasteiger partial charge in [0.2, 0.25) is 0 Å². The van der Waals surface area contributed by atoms with E-state index in [1.165, 1.54) is 0 Å². The molecular weight excluding hydrogens is 340 g/mol. The fourth-order valence-corrected chi connectivity index (χ4v) is 2.79. The normalized spacial score (nSPS) is 12.8. The van der Waals surface area contributed by atoms with E-state index in [9.17, 15) is 0 Å². The number of pyridine rings is 2. The zero-order valence-corrected chi connectivity index (χ0v) is 13.1. The summed E-state index contributed by atoms with van der Waals surface area (Å²) in [5, 5.41) is 0. The number of aromatic nitrogens is 4. The second kappa shape index (κ2) is 5.50. The van der Waals surface area contributed by atoms with E-state index in [1.807, 2.05) is 24.4 Å². The van der Waals surface area contributed by atoms with Crippen LogP contribution in [0.3, 0.4) is 0 Å². The summed E-state index contributed by atoms with van der Waals surface area (Å²) in [5.74, 6) is 1.15. The minimum absolute atomic E-state index is 0.0797. The Balaban J connectivity index is 2.19. The number of rotatable bonds is 3. The van der Waals surface area contributed by atoms with Crippen LogP contribution >= 0.6 is 27.5 Å². The molecule has 0 bridgehead atoms. The molecule has 20 heavy (non-hydrogen) atoms. The summed E-state index contributed by atoms with van der Waals surface area (Å²) >= 11 is 9.45. The molecule has 0 N–H and O–H groups in total. The number of alkyl halides is 1. The molecule has 4 nitrogen and oxygen atoms in total. The molecule has 0 aliphatic carbocycles. The minimum atomic E-state index is 0.0797. The highest BCUT2D eigenvalue weighted by Crippen LogP contribution is 2.26. The van der Waals surface area contributed by atoms with Crippen LogP contribution in [0.4, 0.5) is 0 Å². The fraction of sp³-hybridized carbons (Fsp3) is 0.214. The van der Waals surface area contributed by atoms with Gasteiger partial charge in [-0.25, -0.2) is 9.97 Å². The summed E-state index contributed by atoms with van der Waals surface area (Å²) in [6.45, 7) is 2.10. The zero-order valence-electron chi connectivity index (χ0n) is 10.8. The van der Waals surface area contributed by atoms with Gasteiger partial charge in [0.1, 0.15) is 11.3 Å². The van der Waals surface area contributed by atoms with Crippen LogP contribution < -0.4 is 0 Å². The summed E-state index contributed by atoms with van der Waals surface area (Å²) in [6.07, 6.45) is 5.39. The predicted octanol–water partition coefficient (Wildman–Crippen LogP) is 3.94. The Hall–Kier alpha value is -1.46. The lowest BCUT2D eigenvalue weighted by Crippen LogP contribution is -2.10. The molecule has 1 unspecified atom stereocenters. The second-order valence-corrected chi connectivity index (χ2v) is 5.67. The van der Waals surface area contributed by atoms with Gasteiger partial charge in [-0.3, -0.25) is 4.98 Å². The molecule has 3 heterocycles. The molecule has 0 amide bonds. The van der Waals surface area contributed by atoms with Gasteiger partial charge in [-0.2, -0.15) is 0 Å². The van der Waals surface area contributed by atoms with Crippen LogP contribution in [0, 0.1) is 0 Å². The lowest BCUT2D eigenvalue weighted by Gasteiger charge is -2.16. The lowest BCUT2D eigenvalue weighted by molar-refractivity contribution is 0.626. The van der Waals surface area contributed by atoms with Crippen molar-refractivity contribution < 1.29 is 0 Å². The summed E-state index contributed by atoms with van der Waals surface area (Å²) in [6, 6.07) is 6.00. The third-order valence-electron chi connectivity index (χ3n) is 3.24. The molecule has 3 aromatic heterocycles. The van der Waals surface area contributed by atoms with Crippen LogP contribution in [0.1, 0.15) is 24.4 Å². The lowest BCUT2D eigenvalue weighted by atomic mass is 10.1. The van der Waals surface area contributed by atoms with Gasteiger partial charge >= 0.3 is 0 Å². The minimum Gasteiger partial charge on any atom is -0.304 e. The Morgan fingerprint density at radius 2 is 2.25 bits per heavy atom. The highest BCUT2D eigenvalue weighted by atomic mass is 79.9. The molecule has 1 atom stereocenters. The molecule has 0 saturated carbocycles. The number of hydrogen-bond donors (Lipinski definition) is 0. The first-order valence-electron chi connectivity index (χ1n) is 6.19. The largest absolute Gasteiger partial charge is 0.304 e. The maximum atomic E-state index is 6.04. The van der Waals surface area contributed by atoms with E-state index in [0.29, 0.717) is 5.88 Å². The van der Waals surface area contributed by atoms with E-state index in [1.54, 1.807) is 12.4 Å². The van der Waals surface area contributed by atoms with Crippen LogP contribution in [0.15, 0.2) is 41.3 Å². The molecule has 0 aromatic carbocycles. The van der Waals surface area contributed by atoms with Crippen molar-refractivity contribution in [2.75, 3.05) is 0 Å². The number of hydrogen-bond acceptors (Lipinski definition) is 3. The van der Waals surface area contributed by atoms with Crippen molar-refractivity contribution in [1.82, 2.24) is 19.5 Å². The van der Waals surface area contributed by atoms with E-state index >= 15 is 0 Å². The van der Waals surface area contributed by atoms with Crippen molar-refractivity contribution in [3.63, 3.8) is 0 Å².